The van der Waals surface area contributed by atoms with Gasteiger partial charge in [0.15, 0.2) is 0 Å². The van der Waals surface area contributed by atoms with Crippen LogP contribution in [-0.4, -0.2) is 18.4 Å². The molecular weight excluding hydrogens is 140 g/mol. The van der Waals surface area contributed by atoms with Gasteiger partial charge in [-0.1, -0.05) is 0 Å². The summed E-state index contributed by atoms with van der Waals surface area (Å²) in [6, 6.07) is 0. The molecule has 1 saturated heterocycles. The average Bonchev–Trinajstić information content (AvgIpc) is 2.20. The van der Waals surface area contributed by atoms with Gasteiger partial charge in [0, 0.05) is 19.4 Å². The summed E-state index contributed by atoms with van der Waals surface area (Å²) < 4.78 is 24.9. The van der Waals surface area contributed by atoms with Crippen LogP contribution in [0, 0.1) is 5.41 Å². The maximum atomic E-state index is 12.5. The highest BCUT2D eigenvalue weighted by atomic mass is 19.3. The molecule has 1 aliphatic carbocycles. The number of nitrogens with one attached hydrogen (secondary N) is 1. The number of hydrogen-bond acceptors (Lipinski definition) is 1. The summed E-state index contributed by atoms with van der Waals surface area (Å²) in [5, 5.41) is 2.41. The zero-order chi connectivity index (χ0) is 7.41. The molecule has 1 amide bonds. The third-order valence-corrected chi connectivity index (χ3v) is 2.33. The maximum Gasteiger partial charge on any atom is 0.256 e. The van der Waals surface area contributed by atoms with E-state index in [4.69, 9.17) is 0 Å². The van der Waals surface area contributed by atoms with Gasteiger partial charge in [0.1, 0.15) is 0 Å². The van der Waals surface area contributed by atoms with E-state index in [1.165, 1.54) is 0 Å². The molecule has 10 heavy (non-hydrogen) atoms. The SMILES string of the molecule is O=C1CC2(CN1)CC2(F)F. The first-order valence-corrected chi connectivity index (χ1v) is 3.20. The smallest absolute Gasteiger partial charge is 0.256 e. The average molecular weight is 147 g/mol. The Labute approximate surface area is 56.6 Å². The highest BCUT2D eigenvalue weighted by molar-refractivity contribution is 5.80. The van der Waals surface area contributed by atoms with Gasteiger partial charge < -0.3 is 5.32 Å². The first kappa shape index (κ1) is 6.07. The molecule has 2 nitrogen and oxygen atoms in total. The molecule has 0 bridgehead atoms. The number of alkyl halides is 2. The standard InChI is InChI=1S/C6H7F2NO/c7-6(8)2-5(6)1-4(10)9-3-5/h1-3H2,(H,9,10). The minimum absolute atomic E-state index is 0.0139. The van der Waals surface area contributed by atoms with Crippen LogP contribution in [0.15, 0.2) is 0 Å². The van der Waals surface area contributed by atoms with Gasteiger partial charge in [-0.15, -0.1) is 0 Å². The summed E-state index contributed by atoms with van der Waals surface area (Å²) in [5.41, 5.74) is -0.982. The van der Waals surface area contributed by atoms with E-state index in [1.807, 2.05) is 0 Å². The second-order valence-corrected chi connectivity index (χ2v) is 3.12. The van der Waals surface area contributed by atoms with Gasteiger partial charge in [0.25, 0.3) is 5.92 Å². The molecule has 0 radical (unpaired) electrons. The second-order valence-electron chi connectivity index (χ2n) is 3.12. The minimum Gasteiger partial charge on any atom is -0.355 e. The summed E-state index contributed by atoms with van der Waals surface area (Å²) in [7, 11) is 0. The lowest BCUT2D eigenvalue weighted by molar-refractivity contribution is -0.119. The molecule has 2 rings (SSSR count). The van der Waals surface area contributed by atoms with Crippen molar-refractivity contribution in [3.8, 4) is 0 Å². The van der Waals surface area contributed by atoms with Crippen LogP contribution < -0.4 is 5.32 Å². The Morgan fingerprint density at radius 1 is 1.50 bits per heavy atom. The van der Waals surface area contributed by atoms with Crippen LogP contribution in [0.2, 0.25) is 0 Å². The lowest BCUT2D eigenvalue weighted by atomic mass is 10.1. The molecule has 1 heterocycles. The Morgan fingerprint density at radius 3 is 2.30 bits per heavy atom. The summed E-state index contributed by atoms with van der Waals surface area (Å²) in [6.07, 6.45) is -0.0985. The fourth-order valence-corrected chi connectivity index (χ4v) is 1.46. The first-order chi connectivity index (χ1) is 4.56. The second kappa shape index (κ2) is 1.33. The molecule has 2 aliphatic rings. The number of carbonyl (C=O) groups excluding carboxylic acids is 1. The van der Waals surface area contributed by atoms with Crippen molar-refractivity contribution in [1.29, 1.82) is 0 Å². The summed E-state index contributed by atoms with van der Waals surface area (Å²) >= 11 is 0. The Morgan fingerprint density at radius 2 is 2.10 bits per heavy atom. The molecule has 2 fully saturated rings. The zero-order valence-corrected chi connectivity index (χ0v) is 5.29. The van der Waals surface area contributed by atoms with Crippen molar-refractivity contribution in [3.05, 3.63) is 0 Å². The van der Waals surface area contributed by atoms with E-state index < -0.39 is 11.3 Å². The Hall–Kier alpha value is -0.670. The quantitative estimate of drug-likeness (QED) is 0.532. The molecule has 1 atom stereocenters. The van der Waals surface area contributed by atoms with Crippen molar-refractivity contribution in [2.45, 2.75) is 18.8 Å². The molecule has 1 N–H and O–H groups in total. The molecule has 1 unspecified atom stereocenters. The van der Waals surface area contributed by atoms with Crippen LogP contribution >= 0.6 is 0 Å². The van der Waals surface area contributed by atoms with Crippen molar-refractivity contribution in [2.24, 2.45) is 5.41 Å². The van der Waals surface area contributed by atoms with Gasteiger partial charge in [0.05, 0.1) is 5.41 Å². The monoisotopic (exact) mass is 147 g/mol. The van der Waals surface area contributed by atoms with Crippen molar-refractivity contribution < 1.29 is 13.6 Å². The van der Waals surface area contributed by atoms with Crippen molar-refractivity contribution in [3.63, 3.8) is 0 Å². The Balaban J connectivity index is 2.16. The predicted molar refractivity (Wildman–Crippen MR) is 29.6 cm³/mol. The van der Waals surface area contributed by atoms with Crippen molar-refractivity contribution >= 4 is 5.91 Å². The van der Waals surface area contributed by atoms with Crippen molar-refractivity contribution in [2.75, 3.05) is 6.54 Å². The lowest BCUT2D eigenvalue weighted by Crippen LogP contribution is -2.16. The van der Waals surface area contributed by atoms with E-state index in [2.05, 4.69) is 5.32 Å². The fraction of sp³-hybridized carbons (Fsp3) is 0.833. The van der Waals surface area contributed by atoms with Gasteiger partial charge in [-0.05, 0) is 0 Å². The topological polar surface area (TPSA) is 29.1 Å². The fourth-order valence-electron chi connectivity index (χ4n) is 1.46. The van der Waals surface area contributed by atoms with Crippen LogP contribution in [0.25, 0.3) is 0 Å². The van der Waals surface area contributed by atoms with E-state index in [9.17, 15) is 13.6 Å². The van der Waals surface area contributed by atoms with E-state index in [-0.39, 0.29) is 25.3 Å². The van der Waals surface area contributed by atoms with E-state index in [0.29, 0.717) is 0 Å². The minimum atomic E-state index is -2.58. The number of hydrogen-bond donors (Lipinski definition) is 1. The van der Waals surface area contributed by atoms with Gasteiger partial charge >= 0.3 is 0 Å². The van der Waals surface area contributed by atoms with Gasteiger partial charge in [-0.2, -0.15) is 0 Å². The molecule has 1 spiro atoms. The molecular formula is C6H7F2NO. The number of rotatable bonds is 0. The number of carbonyl (C=O) groups is 1. The normalized spacial score (nSPS) is 42.0. The highest BCUT2D eigenvalue weighted by Crippen LogP contribution is 2.63. The van der Waals surface area contributed by atoms with Gasteiger partial charge in [-0.25, -0.2) is 8.78 Å². The summed E-state index contributed by atoms with van der Waals surface area (Å²) in [5.74, 6) is -2.82. The third-order valence-electron chi connectivity index (χ3n) is 2.33. The van der Waals surface area contributed by atoms with Crippen LogP contribution in [0.5, 0.6) is 0 Å². The molecule has 1 aliphatic heterocycles. The molecule has 1 saturated carbocycles. The number of amides is 1. The molecule has 4 heteroatoms. The van der Waals surface area contributed by atoms with Crippen LogP contribution in [0.4, 0.5) is 8.78 Å². The van der Waals surface area contributed by atoms with Crippen LogP contribution in [-0.2, 0) is 4.79 Å². The first-order valence-electron chi connectivity index (χ1n) is 3.20. The molecule has 56 valence electrons. The van der Waals surface area contributed by atoms with Gasteiger partial charge in [-0.3, -0.25) is 4.79 Å². The Kier molecular flexibility index (Phi) is 0.808. The lowest BCUT2D eigenvalue weighted by Gasteiger charge is -2.01. The van der Waals surface area contributed by atoms with Crippen LogP contribution in [0.3, 0.4) is 0 Å². The predicted octanol–water partition coefficient (Wildman–Crippen LogP) is 0.532. The summed E-state index contributed by atoms with van der Waals surface area (Å²) in [6.45, 7) is 0.166. The third kappa shape index (κ3) is 0.540. The highest BCUT2D eigenvalue weighted by Gasteiger charge is 2.73. The number of halogens is 2. The largest absolute Gasteiger partial charge is 0.355 e. The van der Waals surface area contributed by atoms with Crippen molar-refractivity contribution in [1.82, 2.24) is 5.32 Å². The Bertz CT molecular complexity index is 204. The maximum absolute atomic E-state index is 12.5. The van der Waals surface area contributed by atoms with E-state index in [0.717, 1.165) is 0 Å². The van der Waals surface area contributed by atoms with Crippen LogP contribution in [0.1, 0.15) is 12.8 Å². The van der Waals surface area contributed by atoms with E-state index in [1.54, 1.807) is 0 Å². The molecule has 0 aromatic rings. The van der Waals surface area contributed by atoms with E-state index >= 15 is 0 Å². The summed E-state index contributed by atoms with van der Waals surface area (Å²) in [4.78, 5) is 10.5. The molecule has 0 aromatic heterocycles. The molecule has 0 aromatic carbocycles. The van der Waals surface area contributed by atoms with Gasteiger partial charge in [0.2, 0.25) is 5.91 Å². The zero-order valence-electron chi connectivity index (χ0n) is 5.29.